The maximum absolute atomic E-state index is 13.4. The van der Waals surface area contributed by atoms with Crippen LogP contribution in [0, 0.1) is 5.92 Å². The molecule has 10 heteroatoms. The Hall–Kier alpha value is -3.40. The van der Waals surface area contributed by atoms with Crippen molar-refractivity contribution >= 4 is 27.7 Å². The lowest BCUT2D eigenvalue weighted by Gasteiger charge is -2.31. The Bertz CT molecular complexity index is 1230. The molecule has 3 rings (SSSR count). The molecule has 0 aromatic heterocycles. The number of amides is 3. The zero-order valence-corrected chi connectivity index (χ0v) is 22.6. The summed E-state index contributed by atoms with van der Waals surface area (Å²) < 4.78 is 31.7. The largest absolute Gasteiger partial charge is 0.497 e. The van der Waals surface area contributed by atoms with Crippen molar-refractivity contribution in [2.24, 2.45) is 5.92 Å². The Kier molecular flexibility index (Phi) is 9.31. The van der Waals surface area contributed by atoms with Gasteiger partial charge in [-0.1, -0.05) is 45.0 Å². The number of nitrogens with zero attached hydrogens (tertiary/aromatic N) is 2. The molecule has 0 saturated heterocycles. The van der Waals surface area contributed by atoms with Gasteiger partial charge in [0.05, 0.1) is 12.7 Å². The van der Waals surface area contributed by atoms with E-state index in [4.69, 9.17) is 4.74 Å². The van der Waals surface area contributed by atoms with Gasteiger partial charge in [-0.05, 0) is 48.6 Å². The quantitative estimate of drug-likeness (QED) is 0.452. The van der Waals surface area contributed by atoms with E-state index in [0.717, 1.165) is 9.87 Å². The average Bonchev–Trinajstić information content (AvgIpc) is 3.08. The van der Waals surface area contributed by atoms with Crippen LogP contribution in [0.5, 0.6) is 5.75 Å². The van der Waals surface area contributed by atoms with Crippen LogP contribution < -0.4 is 10.1 Å². The predicted octanol–water partition coefficient (Wildman–Crippen LogP) is 3.20. The van der Waals surface area contributed by atoms with E-state index in [9.17, 15) is 22.8 Å². The molecule has 0 radical (unpaired) electrons. The molecule has 1 N–H and O–H groups in total. The van der Waals surface area contributed by atoms with Crippen molar-refractivity contribution in [3.8, 4) is 5.75 Å². The predicted molar refractivity (Wildman–Crippen MR) is 139 cm³/mol. The fraction of sp³-hybridized carbons (Fsp3) is 0.444. The topological polar surface area (TPSA) is 113 Å². The van der Waals surface area contributed by atoms with Gasteiger partial charge in [-0.3, -0.25) is 14.4 Å². The van der Waals surface area contributed by atoms with Gasteiger partial charge in [-0.25, -0.2) is 12.7 Å². The first-order valence-electron chi connectivity index (χ1n) is 12.5. The Balaban J connectivity index is 1.74. The first-order valence-corrected chi connectivity index (χ1v) is 13.9. The number of sulfonamides is 1. The summed E-state index contributed by atoms with van der Waals surface area (Å²) in [6, 6.07) is 12.7. The summed E-state index contributed by atoms with van der Waals surface area (Å²) in [6.07, 6.45) is 0.542. The lowest BCUT2D eigenvalue weighted by atomic mass is 10.1. The second kappa shape index (κ2) is 12.2. The summed E-state index contributed by atoms with van der Waals surface area (Å²) >= 11 is 0. The number of carbonyl (C=O) groups excluding carboxylic acids is 3. The van der Waals surface area contributed by atoms with Crippen LogP contribution in [-0.2, 0) is 26.2 Å². The first kappa shape index (κ1) is 28.2. The van der Waals surface area contributed by atoms with Crippen LogP contribution in [0.2, 0.25) is 0 Å². The van der Waals surface area contributed by atoms with Gasteiger partial charge < -0.3 is 15.0 Å². The third-order valence-electron chi connectivity index (χ3n) is 6.25. The molecule has 1 aliphatic rings. The SMILES string of the molecule is CC[C@@H](C(=O)NCC(C)C)N(Cc1ccc(OC)cc1)C(=O)CCCN1C(=O)c2ccccc2S1(=O)=O. The maximum Gasteiger partial charge on any atom is 0.269 e. The van der Waals surface area contributed by atoms with E-state index < -0.39 is 22.0 Å². The Labute approximate surface area is 218 Å². The monoisotopic (exact) mass is 529 g/mol. The average molecular weight is 530 g/mol. The highest BCUT2D eigenvalue weighted by atomic mass is 32.2. The molecule has 1 heterocycles. The van der Waals surface area contributed by atoms with E-state index in [1.54, 1.807) is 31.4 Å². The molecule has 200 valence electrons. The zero-order chi connectivity index (χ0) is 27.2. The van der Waals surface area contributed by atoms with Crippen LogP contribution in [-0.4, -0.2) is 61.6 Å². The summed E-state index contributed by atoms with van der Waals surface area (Å²) in [6.45, 7) is 6.42. The van der Waals surface area contributed by atoms with Gasteiger partial charge in [0.1, 0.15) is 16.7 Å². The molecule has 2 aromatic carbocycles. The molecule has 0 bridgehead atoms. The van der Waals surface area contributed by atoms with Gasteiger partial charge in [0.25, 0.3) is 15.9 Å². The van der Waals surface area contributed by atoms with Crippen molar-refractivity contribution in [3.05, 3.63) is 59.7 Å². The van der Waals surface area contributed by atoms with E-state index in [2.05, 4.69) is 5.32 Å². The fourth-order valence-electron chi connectivity index (χ4n) is 4.24. The molecule has 1 atom stereocenters. The van der Waals surface area contributed by atoms with Gasteiger partial charge in [0.15, 0.2) is 0 Å². The summed E-state index contributed by atoms with van der Waals surface area (Å²) in [5, 5.41) is 2.91. The second-order valence-corrected chi connectivity index (χ2v) is 11.2. The number of ether oxygens (including phenoxy) is 1. The van der Waals surface area contributed by atoms with Crippen molar-refractivity contribution in [3.63, 3.8) is 0 Å². The van der Waals surface area contributed by atoms with Crippen LogP contribution in [0.1, 0.15) is 56.0 Å². The number of hydrogen-bond acceptors (Lipinski definition) is 6. The van der Waals surface area contributed by atoms with Crippen LogP contribution in [0.25, 0.3) is 0 Å². The normalized spacial score (nSPS) is 14.8. The Morgan fingerprint density at radius 3 is 2.35 bits per heavy atom. The minimum atomic E-state index is -3.94. The molecule has 0 spiro atoms. The molecule has 1 aliphatic heterocycles. The Morgan fingerprint density at radius 1 is 1.08 bits per heavy atom. The van der Waals surface area contributed by atoms with Crippen LogP contribution in [0.3, 0.4) is 0 Å². The Morgan fingerprint density at radius 2 is 1.76 bits per heavy atom. The van der Waals surface area contributed by atoms with E-state index >= 15 is 0 Å². The summed E-state index contributed by atoms with van der Waals surface area (Å²) in [5.74, 6) is -0.163. The van der Waals surface area contributed by atoms with Gasteiger partial charge in [0.2, 0.25) is 11.8 Å². The number of hydrogen-bond donors (Lipinski definition) is 1. The molecular weight excluding hydrogens is 494 g/mol. The highest BCUT2D eigenvalue weighted by Gasteiger charge is 2.40. The van der Waals surface area contributed by atoms with E-state index in [0.29, 0.717) is 18.7 Å². The van der Waals surface area contributed by atoms with Gasteiger partial charge in [-0.15, -0.1) is 0 Å². The van der Waals surface area contributed by atoms with Gasteiger partial charge in [-0.2, -0.15) is 0 Å². The van der Waals surface area contributed by atoms with Crippen molar-refractivity contribution in [1.82, 2.24) is 14.5 Å². The molecule has 0 unspecified atom stereocenters. The summed E-state index contributed by atoms with van der Waals surface area (Å²) in [4.78, 5) is 40.6. The maximum atomic E-state index is 13.4. The molecule has 37 heavy (non-hydrogen) atoms. The number of fused-ring (bicyclic) bond motifs is 1. The first-order chi connectivity index (χ1) is 17.6. The van der Waals surface area contributed by atoms with E-state index in [-0.39, 0.29) is 54.1 Å². The van der Waals surface area contributed by atoms with Crippen LogP contribution in [0.4, 0.5) is 0 Å². The fourth-order valence-corrected chi connectivity index (χ4v) is 5.85. The van der Waals surface area contributed by atoms with Crippen molar-refractivity contribution in [2.75, 3.05) is 20.2 Å². The molecule has 2 aromatic rings. The van der Waals surface area contributed by atoms with Crippen molar-refractivity contribution in [1.29, 1.82) is 0 Å². The zero-order valence-electron chi connectivity index (χ0n) is 21.8. The molecule has 9 nitrogen and oxygen atoms in total. The van der Waals surface area contributed by atoms with Gasteiger partial charge in [0, 0.05) is 26.1 Å². The molecule has 3 amide bonds. The third-order valence-corrected chi connectivity index (χ3v) is 8.09. The highest BCUT2D eigenvalue weighted by molar-refractivity contribution is 7.90. The molecule has 0 fully saturated rings. The third kappa shape index (κ3) is 6.49. The lowest BCUT2D eigenvalue weighted by Crippen LogP contribution is -2.49. The highest BCUT2D eigenvalue weighted by Crippen LogP contribution is 2.30. The number of methoxy groups -OCH3 is 1. The number of benzene rings is 2. The van der Waals surface area contributed by atoms with Crippen molar-refractivity contribution in [2.45, 2.75) is 57.5 Å². The minimum absolute atomic E-state index is 0.0136. The van der Waals surface area contributed by atoms with E-state index in [1.165, 1.54) is 17.0 Å². The smallest absolute Gasteiger partial charge is 0.269 e. The van der Waals surface area contributed by atoms with Crippen LogP contribution >= 0.6 is 0 Å². The second-order valence-electron chi connectivity index (χ2n) is 9.41. The molecular formula is C27H35N3O6S. The summed E-state index contributed by atoms with van der Waals surface area (Å²) in [7, 11) is -2.37. The minimum Gasteiger partial charge on any atom is -0.497 e. The summed E-state index contributed by atoms with van der Waals surface area (Å²) in [5.41, 5.74) is 0.972. The standard InChI is InChI=1S/C27H35N3O6S/c1-5-23(26(32)28-17-19(2)3)29(18-20-12-14-21(36-4)15-13-20)25(31)11-8-16-30-27(33)22-9-6-7-10-24(22)37(30,34)35/h6-7,9-10,12-15,19,23H,5,8,11,16-18H2,1-4H3,(H,28,32)/t23-/m0/s1. The molecule has 0 aliphatic carbocycles. The number of carbonyl (C=O) groups is 3. The lowest BCUT2D eigenvalue weighted by molar-refractivity contribution is -0.141. The van der Waals surface area contributed by atoms with E-state index in [1.807, 2.05) is 32.9 Å². The number of rotatable bonds is 12. The molecule has 0 saturated carbocycles. The van der Waals surface area contributed by atoms with Crippen LogP contribution in [0.15, 0.2) is 53.4 Å². The van der Waals surface area contributed by atoms with Gasteiger partial charge >= 0.3 is 0 Å². The van der Waals surface area contributed by atoms with Crippen molar-refractivity contribution < 1.29 is 27.5 Å². The number of nitrogens with one attached hydrogen (secondary N) is 1.